The zero-order valence-corrected chi connectivity index (χ0v) is 12.3. The van der Waals surface area contributed by atoms with Crippen molar-refractivity contribution in [3.8, 4) is 0 Å². The van der Waals surface area contributed by atoms with Crippen LogP contribution in [0.3, 0.4) is 0 Å². The Morgan fingerprint density at radius 2 is 1.87 bits per heavy atom. The number of ether oxygens (including phenoxy) is 1. The van der Waals surface area contributed by atoms with E-state index in [0.717, 1.165) is 16.8 Å². The average molecular weight is 307 g/mol. The minimum Gasteiger partial charge on any atom is -0.465 e. The molecule has 2 aromatic carbocycles. The second-order valence-electron chi connectivity index (χ2n) is 4.81. The lowest BCUT2D eigenvalue weighted by Gasteiger charge is -1.98. The summed E-state index contributed by atoms with van der Waals surface area (Å²) in [6.07, 6.45) is 1.52. The Balaban J connectivity index is 1.79. The predicted molar refractivity (Wildman–Crippen MR) is 87.0 cm³/mol. The Kier molecular flexibility index (Phi) is 3.97. The maximum absolute atomic E-state index is 11.9. The number of nitrogens with one attached hydrogen (secondary N) is 1. The molecular formula is C17H13N3O3. The van der Waals surface area contributed by atoms with E-state index < -0.39 is 5.97 Å². The number of anilines is 1. The second-order valence-corrected chi connectivity index (χ2v) is 4.81. The van der Waals surface area contributed by atoms with Gasteiger partial charge >= 0.3 is 5.97 Å². The zero-order chi connectivity index (χ0) is 16.2. The molecule has 1 heterocycles. The molecule has 1 aliphatic rings. The number of methoxy groups -OCH3 is 1. The predicted octanol–water partition coefficient (Wildman–Crippen LogP) is 2.25. The maximum atomic E-state index is 11.9. The van der Waals surface area contributed by atoms with Crippen molar-refractivity contribution in [2.24, 2.45) is 10.2 Å². The summed E-state index contributed by atoms with van der Waals surface area (Å²) >= 11 is 0. The number of hydrogen-bond donors (Lipinski definition) is 1. The van der Waals surface area contributed by atoms with E-state index in [1.165, 1.54) is 13.3 Å². The molecule has 0 unspecified atom stereocenters. The van der Waals surface area contributed by atoms with Gasteiger partial charge in [-0.1, -0.05) is 30.3 Å². The van der Waals surface area contributed by atoms with Crippen LogP contribution in [0.5, 0.6) is 0 Å². The molecule has 6 nitrogen and oxygen atoms in total. The van der Waals surface area contributed by atoms with Gasteiger partial charge in [-0.05, 0) is 23.8 Å². The van der Waals surface area contributed by atoms with E-state index in [9.17, 15) is 9.59 Å². The third-order valence-corrected chi connectivity index (χ3v) is 3.34. The Morgan fingerprint density at radius 1 is 1.13 bits per heavy atom. The number of fused-ring (bicyclic) bond motifs is 1. The zero-order valence-electron chi connectivity index (χ0n) is 12.3. The van der Waals surface area contributed by atoms with Crippen LogP contribution in [0.2, 0.25) is 0 Å². The van der Waals surface area contributed by atoms with E-state index in [0.29, 0.717) is 5.56 Å². The van der Waals surface area contributed by atoms with Gasteiger partial charge in [0.15, 0.2) is 5.71 Å². The molecule has 0 fully saturated rings. The first-order valence-electron chi connectivity index (χ1n) is 6.89. The van der Waals surface area contributed by atoms with Gasteiger partial charge in [-0.2, -0.15) is 5.10 Å². The van der Waals surface area contributed by atoms with Gasteiger partial charge in [0.1, 0.15) is 0 Å². The summed E-state index contributed by atoms with van der Waals surface area (Å²) in [6, 6.07) is 14.0. The molecule has 0 bridgehead atoms. The summed E-state index contributed by atoms with van der Waals surface area (Å²) in [6.45, 7) is 0. The molecule has 114 valence electrons. The molecule has 0 saturated carbocycles. The number of rotatable bonds is 3. The fourth-order valence-electron chi connectivity index (χ4n) is 2.18. The number of benzene rings is 2. The third-order valence-electron chi connectivity index (χ3n) is 3.34. The van der Waals surface area contributed by atoms with Gasteiger partial charge in [0.25, 0.3) is 5.91 Å². The first kappa shape index (κ1) is 14.6. The van der Waals surface area contributed by atoms with Crippen molar-refractivity contribution in [2.45, 2.75) is 0 Å². The summed E-state index contributed by atoms with van der Waals surface area (Å²) < 4.78 is 4.63. The van der Waals surface area contributed by atoms with Crippen molar-refractivity contribution in [1.29, 1.82) is 0 Å². The van der Waals surface area contributed by atoms with Crippen LogP contribution in [0.1, 0.15) is 21.5 Å². The van der Waals surface area contributed by atoms with Crippen LogP contribution in [0.25, 0.3) is 0 Å². The van der Waals surface area contributed by atoms with Gasteiger partial charge in [-0.25, -0.2) is 4.79 Å². The van der Waals surface area contributed by atoms with Crippen LogP contribution in [0, 0.1) is 0 Å². The Bertz CT molecular complexity index is 823. The fourth-order valence-corrected chi connectivity index (χ4v) is 2.18. The SMILES string of the molecule is COC(=O)c1ccc(/C=N\N=C2\C(=O)Nc3ccccc32)cc1. The quantitative estimate of drug-likeness (QED) is 0.536. The summed E-state index contributed by atoms with van der Waals surface area (Å²) in [7, 11) is 1.33. The van der Waals surface area contributed by atoms with E-state index in [4.69, 9.17) is 0 Å². The maximum Gasteiger partial charge on any atom is 0.337 e. The molecule has 23 heavy (non-hydrogen) atoms. The van der Waals surface area contributed by atoms with Crippen LogP contribution in [-0.2, 0) is 9.53 Å². The van der Waals surface area contributed by atoms with Crippen LogP contribution in [-0.4, -0.2) is 30.9 Å². The molecule has 0 radical (unpaired) electrons. The molecule has 0 aromatic heterocycles. The van der Waals surface area contributed by atoms with E-state index >= 15 is 0 Å². The lowest BCUT2D eigenvalue weighted by Crippen LogP contribution is -2.13. The van der Waals surface area contributed by atoms with Crippen molar-refractivity contribution in [1.82, 2.24) is 0 Å². The normalized spacial score (nSPS) is 14.8. The molecule has 1 aliphatic heterocycles. The summed E-state index contributed by atoms with van der Waals surface area (Å²) in [5.41, 5.74) is 2.96. The van der Waals surface area contributed by atoms with Crippen molar-refractivity contribution in [3.63, 3.8) is 0 Å². The number of nitrogens with zero attached hydrogens (tertiary/aromatic N) is 2. The largest absolute Gasteiger partial charge is 0.465 e. The molecule has 2 aromatic rings. The van der Waals surface area contributed by atoms with Gasteiger partial charge in [0, 0.05) is 5.56 Å². The molecule has 0 atom stereocenters. The van der Waals surface area contributed by atoms with E-state index in [1.54, 1.807) is 24.3 Å². The molecule has 6 heteroatoms. The lowest BCUT2D eigenvalue weighted by atomic mass is 10.1. The molecule has 0 aliphatic carbocycles. The molecule has 0 spiro atoms. The highest BCUT2D eigenvalue weighted by atomic mass is 16.5. The van der Waals surface area contributed by atoms with Crippen LogP contribution >= 0.6 is 0 Å². The Labute approximate surface area is 132 Å². The monoisotopic (exact) mass is 307 g/mol. The minimum absolute atomic E-state index is 0.274. The molecule has 3 rings (SSSR count). The highest BCUT2D eigenvalue weighted by Crippen LogP contribution is 2.22. The number of hydrogen-bond acceptors (Lipinski definition) is 5. The first-order chi connectivity index (χ1) is 11.2. The number of para-hydroxylation sites is 1. The standard InChI is InChI=1S/C17H13N3O3/c1-23-17(22)12-8-6-11(7-9-12)10-18-20-15-13-4-2-3-5-14(13)19-16(15)21/h2-10H,1H3,(H,19,20,21)/b18-10-. The molecule has 0 saturated heterocycles. The van der Waals surface area contributed by atoms with Crippen molar-refractivity contribution in [3.05, 3.63) is 65.2 Å². The van der Waals surface area contributed by atoms with Gasteiger partial charge < -0.3 is 10.1 Å². The third kappa shape index (κ3) is 3.01. The Morgan fingerprint density at radius 3 is 2.61 bits per heavy atom. The minimum atomic E-state index is -0.395. The number of carbonyl (C=O) groups excluding carboxylic acids is 2. The van der Waals surface area contributed by atoms with Crippen LogP contribution < -0.4 is 5.32 Å². The first-order valence-corrected chi connectivity index (χ1v) is 6.89. The van der Waals surface area contributed by atoms with Crippen molar-refractivity contribution < 1.29 is 14.3 Å². The lowest BCUT2D eigenvalue weighted by molar-refractivity contribution is -0.110. The van der Waals surface area contributed by atoms with Crippen molar-refractivity contribution >= 4 is 29.5 Å². The topological polar surface area (TPSA) is 80.1 Å². The summed E-state index contributed by atoms with van der Waals surface area (Å²) in [5, 5.41) is 10.7. The summed E-state index contributed by atoms with van der Waals surface area (Å²) in [5.74, 6) is -0.669. The number of amides is 1. The van der Waals surface area contributed by atoms with Crippen molar-refractivity contribution in [2.75, 3.05) is 12.4 Å². The van der Waals surface area contributed by atoms with Gasteiger partial charge in [0.05, 0.1) is 24.6 Å². The van der Waals surface area contributed by atoms with E-state index in [2.05, 4.69) is 20.3 Å². The smallest absolute Gasteiger partial charge is 0.337 e. The van der Waals surface area contributed by atoms with Crippen LogP contribution in [0.4, 0.5) is 5.69 Å². The van der Waals surface area contributed by atoms with E-state index in [-0.39, 0.29) is 11.6 Å². The van der Waals surface area contributed by atoms with Gasteiger partial charge in [-0.15, -0.1) is 5.10 Å². The average Bonchev–Trinajstić information content (AvgIpc) is 2.90. The number of carbonyl (C=O) groups is 2. The molecule has 1 amide bonds. The Hall–Kier alpha value is -3.28. The van der Waals surface area contributed by atoms with E-state index in [1.807, 2.05) is 24.3 Å². The van der Waals surface area contributed by atoms with Gasteiger partial charge in [-0.3, -0.25) is 4.79 Å². The number of esters is 1. The molecule has 1 N–H and O–H groups in total. The highest BCUT2D eigenvalue weighted by molar-refractivity contribution is 6.53. The fraction of sp³-hybridized carbons (Fsp3) is 0.0588. The van der Waals surface area contributed by atoms with Gasteiger partial charge in [0.2, 0.25) is 0 Å². The molecular weight excluding hydrogens is 294 g/mol. The highest BCUT2D eigenvalue weighted by Gasteiger charge is 2.25. The second kappa shape index (κ2) is 6.23. The van der Waals surface area contributed by atoms with Crippen LogP contribution in [0.15, 0.2) is 58.7 Å². The summed E-state index contributed by atoms with van der Waals surface area (Å²) in [4.78, 5) is 23.2.